The molecule has 0 saturated carbocycles. The van der Waals surface area contributed by atoms with E-state index in [9.17, 15) is 4.79 Å². The number of aromatic nitrogens is 3. The summed E-state index contributed by atoms with van der Waals surface area (Å²) in [4.78, 5) is 12.3. The average Bonchev–Trinajstić information content (AvgIpc) is 3.20. The number of amides is 1. The number of carbonyl (C=O) groups excluding carboxylic acids is 1. The van der Waals surface area contributed by atoms with Crippen LogP contribution in [0.4, 0.5) is 5.69 Å². The molecule has 0 unspecified atom stereocenters. The zero-order valence-electron chi connectivity index (χ0n) is 15.6. The fourth-order valence-corrected chi connectivity index (χ4v) is 2.84. The van der Waals surface area contributed by atoms with Gasteiger partial charge in [-0.25, -0.2) is 0 Å². The van der Waals surface area contributed by atoms with Crippen LogP contribution in [0.3, 0.4) is 0 Å². The largest absolute Gasteiger partial charge is 0.425 e. The average molecular weight is 352 g/mol. The van der Waals surface area contributed by atoms with Gasteiger partial charge in [0, 0.05) is 41.5 Å². The summed E-state index contributed by atoms with van der Waals surface area (Å²) in [5, 5.41) is 10.9. The maximum atomic E-state index is 12.3. The Morgan fingerprint density at radius 3 is 2.54 bits per heavy atom. The van der Waals surface area contributed by atoms with Crippen molar-refractivity contribution < 1.29 is 9.21 Å². The molecule has 0 aliphatic carbocycles. The number of benzene rings is 1. The van der Waals surface area contributed by atoms with Crippen LogP contribution in [0.1, 0.15) is 49.4 Å². The molecule has 136 valence electrons. The molecule has 1 N–H and O–H groups in total. The highest BCUT2D eigenvalue weighted by Gasteiger charge is 2.12. The summed E-state index contributed by atoms with van der Waals surface area (Å²) in [5.74, 6) is 1.21. The molecule has 2 aromatic heterocycles. The molecule has 1 amide bonds. The van der Waals surface area contributed by atoms with E-state index in [1.165, 1.54) is 0 Å². The fourth-order valence-electron chi connectivity index (χ4n) is 2.84. The van der Waals surface area contributed by atoms with E-state index in [0.717, 1.165) is 22.8 Å². The van der Waals surface area contributed by atoms with E-state index >= 15 is 0 Å². The third-order valence-corrected chi connectivity index (χ3v) is 4.20. The summed E-state index contributed by atoms with van der Waals surface area (Å²) >= 11 is 0. The first kappa shape index (κ1) is 17.9. The van der Waals surface area contributed by atoms with Crippen molar-refractivity contribution in [3.8, 4) is 5.69 Å². The van der Waals surface area contributed by atoms with Gasteiger partial charge in [-0.1, -0.05) is 19.9 Å². The molecule has 0 bridgehead atoms. The molecule has 6 nitrogen and oxygen atoms in total. The van der Waals surface area contributed by atoms with E-state index in [0.29, 0.717) is 24.6 Å². The van der Waals surface area contributed by atoms with Gasteiger partial charge in [-0.3, -0.25) is 4.79 Å². The van der Waals surface area contributed by atoms with Gasteiger partial charge in [0.2, 0.25) is 17.7 Å². The lowest BCUT2D eigenvalue weighted by atomic mass is 10.2. The molecular formula is C20H24N4O2. The predicted molar refractivity (Wildman–Crippen MR) is 101 cm³/mol. The van der Waals surface area contributed by atoms with Gasteiger partial charge in [0.15, 0.2) is 0 Å². The van der Waals surface area contributed by atoms with Crippen molar-refractivity contribution in [2.75, 3.05) is 5.32 Å². The summed E-state index contributed by atoms with van der Waals surface area (Å²) in [5.41, 5.74) is 4.11. The minimum Gasteiger partial charge on any atom is -0.425 e. The molecule has 0 spiro atoms. The molecule has 3 aromatic rings. The highest BCUT2D eigenvalue weighted by molar-refractivity contribution is 5.91. The highest BCUT2D eigenvalue weighted by atomic mass is 16.4. The lowest BCUT2D eigenvalue weighted by Gasteiger charge is -2.11. The van der Waals surface area contributed by atoms with Gasteiger partial charge in [0.25, 0.3) is 0 Å². The van der Waals surface area contributed by atoms with Crippen molar-refractivity contribution in [2.45, 2.75) is 46.5 Å². The molecule has 0 saturated heterocycles. The number of nitrogens with one attached hydrogen (secondary N) is 1. The standard InChI is InChI=1S/C20H24N4O2/c1-13(2)20-23-22-19(26-20)11-10-18(25)21-16-6-5-7-17(12-16)24-14(3)8-9-15(24)4/h5-9,12-13H,10-11H2,1-4H3,(H,21,25). The Bertz CT molecular complexity index is 889. The van der Waals surface area contributed by atoms with Crippen LogP contribution < -0.4 is 5.32 Å². The number of hydrogen-bond acceptors (Lipinski definition) is 4. The smallest absolute Gasteiger partial charge is 0.224 e. The second-order valence-electron chi connectivity index (χ2n) is 6.74. The van der Waals surface area contributed by atoms with Crippen LogP contribution >= 0.6 is 0 Å². The lowest BCUT2D eigenvalue weighted by molar-refractivity contribution is -0.116. The molecule has 0 fully saturated rings. The number of nitrogens with zero attached hydrogens (tertiary/aromatic N) is 3. The number of rotatable bonds is 6. The first-order valence-electron chi connectivity index (χ1n) is 8.81. The Labute approximate surface area is 153 Å². The Morgan fingerprint density at radius 2 is 1.88 bits per heavy atom. The summed E-state index contributed by atoms with van der Waals surface area (Å²) < 4.78 is 7.69. The van der Waals surface area contributed by atoms with Crippen molar-refractivity contribution in [2.24, 2.45) is 0 Å². The SMILES string of the molecule is Cc1ccc(C)n1-c1cccc(NC(=O)CCc2nnc(C(C)C)o2)c1. The van der Waals surface area contributed by atoms with Gasteiger partial charge >= 0.3 is 0 Å². The van der Waals surface area contributed by atoms with Gasteiger partial charge in [-0.15, -0.1) is 10.2 Å². The van der Waals surface area contributed by atoms with Crippen LogP contribution in [0.2, 0.25) is 0 Å². The summed E-state index contributed by atoms with van der Waals surface area (Å²) in [6.07, 6.45) is 0.729. The molecule has 0 atom stereocenters. The molecular weight excluding hydrogens is 328 g/mol. The van der Waals surface area contributed by atoms with Gasteiger partial charge in [0.05, 0.1) is 0 Å². The van der Waals surface area contributed by atoms with Crippen LogP contribution in [0.25, 0.3) is 5.69 Å². The van der Waals surface area contributed by atoms with Crippen LogP contribution in [0, 0.1) is 13.8 Å². The molecule has 0 aliphatic rings. The second kappa shape index (κ2) is 7.56. The molecule has 0 radical (unpaired) electrons. The summed E-state index contributed by atoms with van der Waals surface area (Å²) in [6.45, 7) is 8.11. The minimum atomic E-state index is -0.0765. The fraction of sp³-hybridized carbons (Fsp3) is 0.350. The Morgan fingerprint density at radius 1 is 1.15 bits per heavy atom. The number of aryl methyl sites for hydroxylation is 3. The normalized spacial score (nSPS) is 11.1. The monoisotopic (exact) mass is 352 g/mol. The number of anilines is 1. The number of hydrogen-bond donors (Lipinski definition) is 1. The maximum absolute atomic E-state index is 12.3. The van der Waals surface area contributed by atoms with E-state index in [-0.39, 0.29) is 11.8 Å². The van der Waals surface area contributed by atoms with Crippen molar-refractivity contribution in [3.63, 3.8) is 0 Å². The first-order chi connectivity index (χ1) is 12.4. The summed E-state index contributed by atoms with van der Waals surface area (Å²) in [7, 11) is 0. The zero-order valence-corrected chi connectivity index (χ0v) is 15.6. The highest BCUT2D eigenvalue weighted by Crippen LogP contribution is 2.20. The third kappa shape index (κ3) is 4.02. The van der Waals surface area contributed by atoms with E-state index in [1.807, 2.05) is 38.1 Å². The number of carbonyl (C=O) groups is 1. The Kier molecular flexibility index (Phi) is 5.21. The molecule has 3 rings (SSSR count). The molecule has 6 heteroatoms. The maximum Gasteiger partial charge on any atom is 0.224 e. The van der Waals surface area contributed by atoms with Crippen molar-refractivity contribution >= 4 is 11.6 Å². The van der Waals surface area contributed by atoms with Crippen LogP contribution in [0.5, 0.6) is 0 Å². The molecule has 2 heterocycles. The second-order valence-corrected chi connectivity index (χ2v) is 6.74. The van der Waals surface area contributed by atoms with Crippen LogP contribution in [-0.4, -0.2) is 20.7 Å². The van der Waals surface area contributed by atoms with E-state index in [1.54, 1.807) is 0 Å². The predicted octanol–water partition coefficient (Wildman–Crippen LogP) is 4.17. The van der Waals surface area contributed by atoms with E-state index in [4.69, 9.17) is 4.42 Å². The van der Waals surface area contributed by atoms with Gasteiger partial charge in [-0.05, 0) is 44.2 Å². The topological polar surface area (TPSA) is 73.0 Å². The van der Waals surface area contributed by atoms with Gasteiger partial charge in [0.1, 0.15) is 0 Å². The van der Waals surface area contributed by atoms with Crippen molar-refractivity contribution in [1.29, 1.82) is 0 Å². The van der Waals surface area contributed by atoms with Gasteiger partial charge in [-0.2, -0.15) is 0 Å². The van der Waals surface area contributed by atoms with Gasteiger partial charge < -0.3 is 14.3 Å². The third-order valence-electron chi connectivity index (χ3n) is 4.20. The van der Waals surface area contributed by atoms with Crippen molar-refractivity contribution in [3.05, 3.63) is 59.6 Å². The molecule has 0 aliphatic heterocycles. The van der Waals surface area contributed by atoms with E-state index < -0.39 is 0 Å². The zero-order chi connectivity index (χ0) is 18.7. The molecule has 26 heavy (non-hydrogen) atoms. The lowest BCUT2D eigenvalue weighted by Crippen LogP contribution is -2.12. The Balaban J connectivity index is 1.63. The Hall–Kier alpha value is -2.89. The summed E-state index contributed by atoms with van der Waals surface area (Å²) in [6, 6.07) is 12.0. The first-order valence-corrected chi connectivity index (χ1v) is 8.81. The van der Waals surface area contributed by atoms with E-state index in [2.05, 4.69) is 46.1 Å². The minimum absolute atomic E-state index is 0.0765. The van der Waals surface area contributed by atoms with Crippen LogP contribution in [0.15, 0.2) is 40.8 Å². The van der Waals surface area contributed by atoms with Crippen LogP contribution in [-0.2, 0) is 11.2 Å². The quantitative estimate of drug-likeness (QED) is 0.722. The van der Waals surface area contributed by atoms with Crippen molar-refractivity contribution in [1.82, 2.24) is 14.8 Å². The molecule has 1 aromatic carbocycles.